The summed E-state index contributed by atoms with van der Waals surface area (Å²) in [7, 11) is 6.95. The second-order valence-electron chi connectivity index (χ2n) is 7.42. The highest BCUT2D eigenvalue weighted by Crippen LogP contribution is 2.60. The molecule has 0 aromatic carbocycles. The molecule has 0 radical (unpaired) electrons. The molecule has 0 aliphatic heterocycles. The smallest absolute Gasteiger partial charge is 0.102 e. The molecule has 2 N–H and O–H groups in total. The first kappa shape index (κ1) is 12.3. The average molecular weight is 227 g/mol. The van der Waals surface area contributed by atoms with Crippen LogP contribution in [0, 0.1) is 11.8 Å². The van der Waals surface area contributed by atoms with Crippen molar-refractivity contribution in [2.75, 3.05) is 21.1 Å². The third kappa shape index (κ3) is 1.52. The summed E-state index contributed by atoms with van der Waals surface area (Å²) in [6.45, 7) is 0. The summed E-state index contributed by atoms with van der Waals surface area (Å²) in [5.74, 6) is 1.63. The average Bonchev–Trinajstić information content (AvgIpc) is 1.95. The Bertz CT molecular complexity index is 281. The van der Waals surface area contributed by atoms with Gasteiger partial charge in [-0.15, -0.1) is 0 Å². The lowest BCUT2D eigenvalue weighted by atomic mass is 9.50. The summed E-state index contributed by atoms with van der Waals surface area (Å²) in [4.78, 5) is 0. The molecular formula is C13H25NO2. The molecule has 0 amide bonds. The summed E-state index contributed by atoms with van der Waals surface area (Å²) in [5.41, 5.74) is 0.0917. The van der Waals surface area contributed by atoms with E-state index < -0.39 is 0 Å². The fourth-order valence-corrected chi connectivity index (χ4v) is 4.95. The largest absolute Gasteiger partial charge is 0.870 e. The van der Waals surface area contributed by atoms with Crippen LogP contribution in [0.4, 0.5) is 0 Å². The van der Waals surface area contributed by atoms with Gasteiger partial charge < -0.3 is 15.1 Å². The Morgan fingerprint density at radius 2 is 1.50 bits per heavy atom. The summed E-state index contributed by atoms with van der Waals surface area (Å²) in [6.07, 6.45) is 7.34. The van der Waals surface area contributed by atoms with E-state index in [0.29, 0.717) is 5.54 Å². The molecule has 4 rings (SSSR count). The van der Waals surface area contributed by atoms with E-state index in [1.54, 1.807) is 0 Å². The minimum Gasteiger partial charge on any atom is -0.870 e. The van der Waals surface area contributed by atoms with Gasteiger partial charge in [0.1, 0.15) is 5.54 Å². The van der Waals surface area contributed by atoms with E-state index in [-0.39, 0.29) is 11.1 Å². The van der Waals surface area contributed by atoms with E-state index in [1.165, 1.54) is 19.3 Å². The van der Waals surface area contributed by atoms with E-state index in [9.17, 15) is 5.11 Å². The van der Waals surface area contributed by atoms with Crippen LogP contribution in [0.1, 0.15) is 38.5 Å². The van der Waals surface area contributed by atoms with Gasteiger partial charge in [-0.05, 0) is 31.1 Å². The Morgan fingerprint density at radius 1 is 1.00 bits per heavy atom. The molecule has 3 heteroatoms. The van der Waals surface area contributed by atoms with Crippen molar-refractivity contribution >= 4 is 0 Å². The fourth-order valence-electron chi connectivity index (χ4n) is 4.95. The molecule has 0 heterocycles. The van der Waals surface area contributed by atoms with Gasteiger partial charge in [0, 0.05) is 19.3 Å². The molecule has 2 atom stereocenters. The van der Waals surface area contributed by atoms with Crippen LogP contribution in [0.2, 0.25) is 0 Å². The molecule has 4 aliphatic rings. The summed E-state index contributed by atoms with van der Waals surface area (Å²) >= 11 is 0. The number of nitrogens with zero attached hydrogens (tertiary/aromatic N) is 1. The second-order valence-corrected chi connectivity index (χ2v) is 7.42. The minimum absolute atomic E-state index is 0. The van der Waals surface area contributed by atoms with Gasteiger partial charge in [-0.3, -0.25) is 0 Å². The van der Waals surface area contributed by atoms with Crippen LogP contribution in [0.25, 0.3) is 0 Å². The van der Waals surface area contributed by atoms with Gasteiger partial charge in [-0.1, -0.05) is 0 Å². The van der Waals surface area contributed by atoms with Crippen molar-refractivity contribution in [3.05, 3.63) is 0 Å². The maximum atomic E-state index is 10.6. The summed E-state index contributed by atoms with van der Waals surface area (Å²) < 4.78 is 1.04. The molecule has 0 aromatic heterocycles. The first-order valence-corrected chi connectivity index (χ1v) is 6.36. The van der Waals surface area contributed by atoms with Gasteiger partial charge >= 0.3 is 0 Å². The van der Waals surface area contributed by atoms with Gasteiger partial charge in [-0.25, -0.2) is 0 Å². The van der Waals surface area contributed by atoms with Gasteiger partial charge in [0.05, 0.1) is 26.7 Å². The first-order valence-electron chi connectivity index (χ1n) is 6.36. The molecule has 94 valence electrons. The van der Waals surface area contributed by atoms with Crippen molar-refractivity contribution in [1.29, 1.82) is 0 Å². The number of hydrogen-bond donors (Lipinski definition) is 1. The minimum atomic E-state index is -0.296. The predicted molar refractivity (Wildman–Crippen MR) is 62.3 cm³/mol. The molecule has 0 aromatic rings. The Morgan fingerprint density at radius 3 is 1.88 bits per heavy atom. The number of quaternary nitrogens is 1. The molecular weight excluding hydrogens is 202 g/mol. The predicted octanol–water partition coefficient (Wildman–Crippen LogP) is 1.60. The van der Waals surface area contributed by atoms with Crippen LogP contribution in [0.3, 0.4) is 0 Å². The van der Waals surface area contributed by atoms with Crippen LogP contribution in [-0.4, -0.2) is 47.3 Å². The van der Waals surface area contributed by atoms with E-state index in [2.05, 4.69) is 21.1 Å². The topological polar surface area (TPSA) is 50.2 Å². The highest BCUT2D eigenvalue weighted by Gasteiger charge is 2.62. The summed E-state index contributed by atoms with van der Waals surface area (Å²) in [6, 6.07) is 0. The number of aliphatic hydroxyl groups is 1. The Kier molecular flexibility index (Phi) is 2.48. The van der Waals surface area contributed by atoms with Crippen LogP contribution in [0.5, 0.6) is 0 Å². The van der Waals surface area contributed by atoms with Gasteiger partial charge in [0.25, 0.3) is 0 Å². The first-order chi connectivity index (χ1) is 6.82. The molecule has 0 spiro atoms. The van der Waals surface area contributed by atoms with Crippen molar-refractivity contribution in [2.24, 2.45) is 11.8 Å². The zero-order valence-electron chi connectivity index (χ0n) is 10.7. The zero-order valence-corrected chi connectivity index (χ0v) is 10.7. The van der Waals surface area contributed by atoms with E-state index in [4.69, 9.17) is 0 Å². The lowest BCUT2D eigenvalue weighted by Crippen LogP contribution is -2.69. The van der Waals surface area contributed by atoms with E-state index >= 15 is 0 Å². The zero-order chi connectivity index (χ0) is 10.9. The Hall–Kier alpha value is -0.120. The normalized spacial score (nSPS) is 50.2. The summed E-state index contributed by atoms with van der Waals surface area (Å²) in [5, 5.41) is 10.6. The second kappa shape index (κ2) is 3.21. The van der Waals surface area contributed by atoms with Crippen molar-refractivity contribution in [3.8, 4) is 0 Å². The standard InChI is InChI=1S/C13H24NO.H2O/c1-14(2,3)12-5-10-4-11(6-12)8-13(15,7-10)9-12;/h10-11,15H,4-9H2,1-3H3;1H2/q+1;/p-1. The maximum Gasteiger partial charge on any atom is 0.102 e. The Labute approximate surface area is 98.3 Å². The number of rotatable bonds is 1. The van der Waals surface area contributed by atoms with E-state index in [0.717, 1.165) is 35.6 Å². The van der Waals surface area contributed by atoms with E-state index in [1.807, 2.05) is 0 Å². The van der Waals surface area contributed by atoms with Crippen LogP contribution in [-0.2, 0) is 0 Å². The Balaban J connectivity index is 0.000000963. The molecule has 16 heavy (non-hydrogen) atoms. The highest BCUT2D eigenvalue weighted by atomic mass is 16.3. The van der Waals surface area contributed by atoms with Gasteiger partial charge in [0.15, 0.2) is 0 Å². The van der Waals surface area contributed by atoms with Gasteiger partial charge in [-0.2, -0.15) is 0 Å². The molecule has 4 aliphatic carbocycles. The van der Waals surface area contributed by atoms with Crippen molar-refractivity contribution in [1.82, 2.24) is 0 Å². The van der Waals surface area contributed by atoms with Crippen molar-refractivity contribution in [3.63, 3.8) is 0 Å². The third-order valence-corrected chi connectivity index (χ3v) is 5.42. The molecule has 4 saturated carbocycles. The van der Waals surface area contributed by atoms with Crippen LogP contribution in [0.15, 0.2) is 0 Å². The molecule has 3 nitrogen and oxygen atoms in total. The fraction of sp³-hybridized carbons (Fsp3) is 1.00. The quantitative estimate of drug-likeness (QED) is 0.692. The van der Waals surface area contributed by atoms with Crippen molar-refractivity contribution < 1.29 is 15.1 Å². The molecule has 4 bridgehead atoms. The lowest BCUT2D eigenvalue weighted by Gasteiger charge is -2.63. The third-order valence-electron chi connectivity index (χ3n) is 5.42. The SMILES string of the molecule is C[N+](C)(C)C12CC3CC(CC(O)(C3)C1)C2.[OH-]. The lowest BCUT2D eigenvalue weighted by molar-refractivity contribution is -0.930. The molecule has 0 saturated heterocycles. The van der Waals surface area contributed by atoms with Gasteiger partial charge in [0.2, 0.25) is 0 Å². The monoisotopic (exact) mass is 227 g/mol. The number of hydrogen-bond acceptors (Lipinski definition) is 2. The molecule has 4 fully saturated rings. The maximum absolute atomic E-state index is 10.6. The highest BCUT2D eigenvalue weighted by molar-refractivity contribution is 5.09. The van der Waals surface area contributed by atoms with Crippen LogP contribution >= 0.6 is 0 Å². The van der Waals surface area contributed by atoms with Crippen LogP contribution < -0.4 is 0 Å². The van der Waals surface area contributed by atoms with Crippen molar-refractivity contribution in [2.45, 2.75) is 49.7 Å². The molecule has 2 unspecified atom stereocenters.